The first-order valence-corrected chi connectivity index (χ1v) is 10.2. The Labute approximate surface area is 185 Å². The Balaban J connectivity index is 1.61. The number of hydrogen-bond donors (Lipinski definition) is 2. The van der Waals surface area contributed by atoms with Crippen molar-refractivity contribution in [3.63, 3.8) is 0 Å². The van der Waals surface area contributed by atoms with Gasteiger partial charge in [-0.2, -0.15) is 5.10 Å². The summed E-state index contributed by atoms with van der Waals surface area (Å²) in [5.41, 5.74) is 2.14. The van der Waals surface area contributed by atoms with Crippen LogP contribution in [-0.2, 0) is 16.6 Å². The molecule has 0 radical (unpaired) electrons. The number of nitrogens with zero attached hydrogens (tertiary/aromatic N) is 3. The van der Waals surface area contributed by atoms with Gasteiger partial charge in [-0.15, -0.1) is 0 Å². The number of ether oxygens (including phenoxy) is 2. The number of pyridine rings is 1. The van der Waals surface area contributed by atoms with Gasteiger partial charge in [0.15, 0.2) is 0 Å². The number of carbonyl (C=O) groups excluding carboxylic acids is 2. The minimum atomic E-state index is -1.03. The normalized spacial score (nSPS) is 16.4. The molecule has 0 fully saturated rings. The number of hydrogen-bond acceptors (Lipinski definition) is 6. The Bertz CT molecular complexity index is 1140. The lowest BCUT2D eigenvalue weighted by Crippen LogP contribution is -2.49. The van der Waals surface area contributed by atoms with Gasteiger partial charge in [0, 0.05) is 30.6 Å². The lowest BCUT2D eigenvalue weighted by atomic mass is 9.99. The molecule has 9 heteroatoms. The highest BCUT2D eigenvalue weighted by Gasteiger charge is 2.38. The molecule has 2 N–H and O–H groups in total. The SMILES string of the molecule is Cn1cc(-c2cnc3c(c2)NC(=O)[C@@H]([C@H](NC(=O)OC(C)(C)C)c2ccccc2)O3)cn1. The molecule has 9 nitrogen and oxygen atoms in total. The summed E-state index contributed by atoms with van der Waals surface area (Å²) < 4.78 is 13.1. The Hall–Kier alpha value is -3.88. The molecule has 3 heterocycles. The van der Waals surface area contributed by atoms with Crippen LogP contribution >= 0.6 is 0 Å². The second-order valence-corrected chi connectivity index (χ2v) is 8.54. The van der Waals surface area contributed by atoms with Crippen molar-refractivity contribution >= 4 is 17.7 Å². The summed E-state index contributed by atoms with van der Waals surface area (Å²) in [6.45, 7) is 5.32. The number of amides is 2. The first-order valence-electron chi connectivity index (χ1n) is 10.2. The van der Waals surface area contributed by atoms with Gasteiger partial charge in [0.1, 0.15) is 17.3 Å². The van der Waals surface area contributed by atoms with E-state index in [0.29, 0.717) is 11.3 Å². The number of benzene rings is 1. The number of anilines is 1. The van der Waals surface area contributed by atoms with Gasteiger partial charge in [0.2, 0.25) is 12.0 Å². The minimum Gasteiger partial charge on any atom is -0.460 e. The summed E-state index contributed by atoms with van der Waals surface area (Å²) in [5, 5.41) is 9.79. The number of nitrogens with one attached hydrogen (secondary N) is 2. The zero-order valence-corrected chi connectivity index (χ0v) is 18.3. The highest BCUT2D eigenvalue weighted by Crippen LogP contribution is 2.34. The van der Waals surface area contributed by atoms with Gasteiger partial charge in [-0.05, 0) is 32.4 Å². The van der Waals surface area contributed by atoms with E-state index < -0.39 is 29.7 Å². The fraction of sp³-hybridized carbons (Fsp3) is 0.304. The number of rotatable bonds is 4. The van der Waals surface area contributed by atoms with E-state index in [0.717, 1.165) is 11.1 Å². The van der Waals surface area contributed by atoms with Crippen molar-refractivity contribution < 1.29 is 19.1 Å². The quantitative estimate of drug-likeness (QED) is 0.650. The molecule has 0 bridgehead atoms. The largest absolute Gasteiger partial charge is 0.460 e. The summed E-state index contributed by atoms with van der Waals surface area (Å²) >= 11 is 0. The molecule has 1 aromatic carbocycles. The fourth-order valence-corrected chi connectivity index (χ4v) is 3.39. The molecule has 2 amide bonds. The molecule has 2 atom stereocenters. The van der Waals surface area contributed by atoms with E-state index in [-0.39, 0.29) is 5.88 Å². The first kappa shape index (κ1) is 21.4. The second-order valence-electron chi connectivity index (χ2n) is 8.54. The van der Waals surface area contributed by atoms with E-state index in [9.17, 15) is 9.59 Å². The van der Waals surface area contributed by atoms with Crippen LogP contribution in [0.5, 0.6) is 5.88 Å². The van der Waals surface area contributed by atoms with Gasteiger partial charge in [-0.3, -0.25) is 9.48 Å². The molecular weight excluding hydrogens is 410 g/mol. The van der Waals surface area contributed by atoms with Gasteiger partial charge in [0.25, 0.3) is 5.91 Å². The maximum Gasteiger partial charge on any atom is 0.408 e. The Morgan fingerprint density at radius 3 is 2.62 bits per heavy atom. The van der Waals surface area contributed by atoms with Crippen molar-refractivity contribution in [3.05, 3.63) is 60.6 Å². The molecule has 1 aliphatic rings. The molecule has 166 valence electrons. The third kappa shape index (κ3) is 4.72. The summed E-state index contributed by atoms with van der Waals surface area (Å²) in [5.74, 6) is -0.123. The van der Waals surface area contributed by atoms with Gasteiger partial charge in [0.05, 0.1) is 6.20 Å². The van der Waals surface area contributed by atoms with Crippen molar-refractivity contribution in [1.82, 2.24) is 20.1 Å². The Morgan fingerprint density at radius 2 is 1.97 bits per heavy atom. The van der Waals surface area contributed by atoms with Crippen LogP contribution in [-0.4, -0.2) is 38.5 Å². The molecule has 0 aliphatic carbocycles. The maximum absolute atomic E-state index is 13.0. The number of fused-ring (bicyclic) bond motifs is 1. The molecule has 32 heavy (non-hydrogen) atoms. The van der Waals surface area contributed by atoms with E-state index in [2.05, 4.69) is 20.7 Å². The molecule has 1 aliphatic heterocycles. The zero-order chi connectivity index (χ0) is 22.9. The Morgan fingerprint density at radius 1 is 1.22 bits per heavy atom. The van der Waals surface area contributed by atoms with Crippen LogP contribution in [0.1, 0.15) is 32.4 Å². The van der Waals surface area contributed by atoms with Crippen LogP contribution in [0.15, 0.2) is 55.0 Å². The summed E-state index contributed by atoms with van der Waals surface area (Å²) in [4.78, 5) is 29.9. The van der Waals surface area contributed by atoms with E-state index in [1.54, 1.807) is 43.9 Å². The van der Waals surface area contributed by atoms with Crippen molar-refractivity contribution in [3.8, 4) is 17.0 Å². The molecule has 3 aromatic rings. The number of alkyl carbamates (subject to hydrolysis) is 1. The lowest BCUT2D eigenvalue weighted by molar-refractivity contribution is -0.125. The highest BCUT2D eigenvalue weighted by atomic mass is 16.6. The molecule has 0 spiro atoms. The van der Waals surface area contributed by atoms with E-state index >= 15 is 0 Å². The Kier molecular flexibility index (Phi) is 5.56. The van der Waals surface area contributed by atoms with Crippen LogP contribution < -0.4 is 15.4 Å². The lowest BCUT2D eigenvalue weighted by Gasteiger charge is -2.32. The predicted octanol–water partition coefficient (Wildman–Crippen LogP) is 3.45. The van der Waals surface area contributed by atoms with E-state index in [1.807, 2.05) is 43.6 Å². The monoisotopic (exact) mass is 435 g/mol. The molecular formula is C23H25N5O4. The summed E-state index contributed by atoms with van der Waals surface area (Å²) in [7, 11) is 1.83. The minimum absolute atomic E-state index is 0.272. The highest BCUT2D eigenvalue weighted by molar-refractivity contribution is 5.98. The molecule has 2 aromatic heterocycles. The van der Waals surface area contributed by atoms with Crippen LogP contribution in [0.3, 0.4) is 0 Å². The average molecular weight is 435 g/mol. The first-order chi connectivity index (χ1) is 15.2. The zero-order valence-electron chi connectivity index (χ0n) is 18.3. The second kappa shape index (κ2) is 8.33. The number of aryl methyl sites for hydroxylation is 1. The van der Waals surface area contributed by atoms with Gasteiger partial charge < -0.3 is 20.1 Å². The van der Waals surface area contributed by atoms with Crippen molar-refractivity contribution in [2.24, 2.45) is 7.05 Å². The van der Waals surface area contributed by atoms with E-state index in [4.69, 9.17) is 9.47 Å². The predicted molar refractivity (Wildman–Crippen MR) is 118 cm³/mol. The third-order valence-electron chi connectivity index (χ3n) is 4.78. The van der Waals surface area contributed by atoms with Crippen LogP contribution in [0, 0.1) is 0 Å². The number of carbonyl (C=O) groups is 2. The maximum atomic E-state index is 13.0. The number of aromatic nitrogens is 3. The third-order valence-corrected chi connectivity index (χ3v) is 4.78. The summed E-state index contributed by atoms with van der Waals surface area (Å²) in [6.07, 6.45) is 3.55. The molecule has 0 saturated heterocycles. The van der Waals surface area contributed by atoms with Crippen LogP contribution in [0.2, 0.25) is 0 Å². The van der Waals surface area contributed by atoms with Crippen molar-refractivity contribution in [1.29, 1.82) is 0 Å². The van der Waals surface area contributed by atoms with Crippen molar-refractivity contribution in [2.75, 3.05) is 5.32 Å². The molecule has 0 unspecified atom stereocenters. The van der Waals surface area contributed by atoms with Crippen molar-refractivity contribution in [2.45, 2.75) is 38.5 Å². The molecule has 0 saturated carbocycles. The molecule has 4 rings (SSSR count). The van der Waals surface area contributed by atoms with Gasteiger partial charge in [-0.1, -0.05) is 30.3 Å². The average Bonchev–Trinajstić information content (AvgIpc) is 3.17. The fourth-order valence-electron chi connectivity index (χ4n) is 3.39. The smallest absolute Gasteiger partial charge is 0.408 e. The van der Waals surface area contributed by atoms with Crippen LogP contribution in [0.25, 0.3) is 11.1 Å². The van der Waals surface area contributed by atoms with Crippen LogP contribution in [0.4, 0.5) is 10.5 Å². The standard InChI is InChI=1S/C23H25N5O4/c1-23(2,3)32-22(30)27-18(14-8-6-5-7-9-14)19-20(29)26-17-10-15(11-24-21(17)31-19)16-12-25-28(4)13-16/h5-13,18-19H,1-4H3,(H,26,29)(H,27,30)/t18-,19-/m1/s1. The van der Waals surface area contributed by atoms with E-state index in [1.165, 1.54) is 0 Å². The topological polar surface area (TPSA) is 107 Å². The van der Waals surface area contributed by atoms with Gasteiger partial charge in [-0.25, -0.2) is 9.78 Å². The van der Waals surface area contributed by atoms with Gasteiger partial charge >= 0.3 is 6.09 Å². The summed E-state index contributed by atoms with van der Waals surface area (Å²) in [6, 6.07) is 10.1.